The standard InChI is InChI=1S/C28H24F5N3O2/c1-14-8-9-21(15(2)10-14)38-13-18-6-5-7-19(11-18)28(37)34-27-16(3)35-36(17(27)4)12-20-22(29)24(31)26(33)25(32)23(20)30/h5-11H,12-13H2,1-4H3,(H,34,37). The van der Waals surface area contributed by atoms with Crippen LogP contribution in [0.1, 0.15) is 44.0 Å². The third kappa shape index (κ3) is 5.25. The molecule has 0 radical (unpaired) electrons. The molecule has 1 aromatic heterocycles. The predicted octanol–water partition coefficient (Wildman–Crippen LogP) is 6.69. The third-order valence-corrected chi connectivity index (χ3v) is 6.14. The summed E-state index contributed by atoms with van der Waals surface area (Å²) in [5.41, 5.74) is 3.01. The molecule has 0 fully saturated rings. The van der Waals surface area contributed by atoms with Crippen molar-refractivity contribution in [1.29, 1.82) is 0 Å². The molecule has 0 bridgehead atoms. The maximum Gasteiger partial charge on any atom is 0.255 e. The summed E-state index contributed by atoms with van der Waals surface area (Å²) < 4.78 is 75.9. The van der Waals surface area contributed by atoms with Crippen LogP contribution >= 0.6 is 0 Å². The van der Waals surface area contributed by atoms with Crippen LogP contribution < -0.4 is 10.1 Å². The van der Waals surface area contributed by atoms with Crippen molar-refractivity contribution in [3.05, 3.63) is 111 Å². The summed E-state index contributed by atoms with van der Waals surface area (Å²) in [4.78, 5) is 13.0. The highest BCUT2D eigenvalue weighted by molar-refractivity contribution is 6.05. The van der Waals surface area contributed by atoms with Crippen molar-refractivity contribution in [3.63, 3.8) is 0 Å². The number of nitrogens with one attached hydrogen (secondary N) is 1. The lowest BCUT2D eigenvalue weighted by Crippen LogP contribution is -2.15. The second-order valence-electron chi connectivity index (χ2n) is 8.96. The lowest BCUT2D eigenvalue weighted by molar-refractivity contribution is 0.102. The summed E-state index contributed by atoms with van der Waals surface area (Å²) in [6, 6.07) is 12.7. The van der Waals surface area contributed by atoms with Gasteiger partial charge in [-0.3, -0.25) is 9.48 Å². The molecule has 10 heteroatoms. The number of carbonyl (C=O) groups excluding carboxylic acids is 1. The number of ether oxygens (including phenoxy) is 1. The van der Waals surface area contributed by atoms with Crippen LogP contribution in [0.4, 0.5) is 27.6 Å². The SMILES string of the molecule is Cc1ccc(OCc2cccc(C(=O)Nc3c(C)nn(Cc4c(F)c(F)c(F)c(F)c4F)c3C)c2)c(C)c1. The summed E-state index contributed by atoms with van der Waals surface area (Å²) in [6.07, 6.45) is 0. The van der Waals surface area contributed by atoms with Crippen LogP contribution in [0.5, 0.6) is 5.75 Å². The molecule has 1 N–H and O–H groups in total. The number of aryl methyl sites for hydroxylation is 3. The van der Waals surface area contributed by atoms with E-state index in [0.717, 1.165) is 27.1 Å². The number of halogens is 5. The molecule has 0 aliphatic carbocycles. The summed E-state index contributed by atoms with van der Waals surface area (Å²) in [7, 11) is 0. The largest absolute Gasteiger partial charge is 0.489 e. The van der Waals surface area contributed by atoms with Crippen molar-refractivity contribution in [1.82, 2.24) is 9.78 Å². The molecule has 198 valence electrons. The van der Waals surface area contributed by atoms with Gasteiger partial charge in [0.2, 0.25) is 5.82 Å². The quantitative estimate of drug-likeness (QED) is 0.165. The van der Waals surface area contributed by atoms with Gasteiger partial charge in [-0.25, -0.2) is 22.0 Å². The fourth-order valence-corrected chi connectivity index (χ4v) is 4.08. The molecule has 0 aliphatic heterocycles. The van der Waals surface area contributed by atoms with Gasteiger partial charge < -0.3 is 10.1 Å². The van der Waals surface area contributed by atoms with Gasteiger partial charge in [0.05, 0.1) is 29.2 Å². The van der Waals surface area contributed by atoms with E-state index >= 15 is 0 Å². The minimum Gasteiger partial charge on any atom is -0.489 e. The lowest BCUT2D eigenvalue weighted by atomic mass is 10.1. The summed E-state index contributed by atoms with van der Waals surface area (Å²) in [6.45, 7) is 6.51. The van der Waals surface area contributed by atoms with Crippen LogP contribution in [0.2, 0.25) is 0 Å². The molecule has 0 aliphatic rings. The lowest BCUT2D eigenvalue weighted by Gasteiger charge is -2.12. The van der Waals surface area contributed by atoms with Gasteiger partial charge in [0, 0.05) is 5.56 Å². The van der Waals surface area contributed by atoms with Crippen LogP contribution in [0.15, 0.2) is 42.5 Å². The average molecular weight is 530 g/mol. The number of anilines is 1. The molecule has 5 nitrogen and oxygen atoms in total. The van der Waals surface area contributed by atoms with E-state index in [1.165, 1.54) is 6.92 Å². The molecular weight excluding hydrogens is 505 g/mol. The van der Waals surface area contributed by atoms with Gasteiger partial charge in [-0.15, -0.1) is 0 Å². The fourth-order valence-electron chi connectivity index (χ4n) is 4.08. The molecule has 0 atom stereocenters. The Kier molecular flexibility index (Phi) is 7.52. The number of benzene rings is 3. The number of nitrogens with zero attached hydrogens (tertiary/aromatic N) is 2. The first-order chi connectivity index (χ1) is 18.0. The van der Waals surface area contributed by atoms with E-state index in [1.807, 2.05) is 38.1 Å². The molecule has 0 saturated carbocycles. The van der Waals surface area contributed by atoms with E-state index in [9.17, 15) is 26.7 Å². The molecule has 0 saturated heterocycles. The van der Waals surface area contributed by atoms with Gasteiger partial charge in [-0.1, -0.05) is 29.8 Å². The number of rotatable bonds is 7. The van der Waals surface area contributed by atoms with Gasteiger partial charge in [-0.2, -0.15) is 5.10 Å². The molecule has 4 rings (SSSR count). The Morgan fingerprint density at radius 2 is 1.55 bits per heavy atom. The normalized spacial score (nSPS) is 11.1. The van der Waals surface area contributed by atoms with E-state index in [2.05, 4.69) is 10.4 Å². The van der Waals surface area contributed by atoms with E-state index < -0.39 is 47.1 Å². The van der Waals surface area contributed by atoms with Gasteiger partial charge in [-0.05, 0) is 57.0 Å². The van der Waals surface area contributed by atoms with Crippen LogP contribution in [-0.4, -0.2) is 15.7 Å². The molecule has 3 aromatic carbocycles. The second kappa shape index (κ2) is 10.6. The van der Waals surface area contributed by atoms with E-state index in [0.29, 0.717) is 11.3 Å². The summed E-state index contributed by atoms with van der Waals surface area (Å²) >= 11 is 0. The minimum atomic E-state index is -2.23. The van der Waals surface area contributed by atoms with Crippen molar-refractivity contribution in [3.8, 4) is 5.75 Å². The maximum atomic E-state index is 14.2. The number of carbonyl (C=O) groups is 1. The fraction of sp³-hybridized carbons (Fsp3) is 0.214. The Labute approximate surface area is 215 Å². The van der Waals surface area contributed by atoms with E-state index in [4.69, 9.17) is 4.74 Å². The highest BCUT2D eigenvalue weighted by Crippen LogP contribution is 2.27. The number of hydrogen-bond donors (Lipinski definition) is 1. The first kappa shape index (κ1) is 26.8. The van der Waals surface area contributed by atoms with Gasteiger partial charge in [0.25, 0.3) is 5.91 Å². The van der Waals surface area contributed by atoms with Crippen molar-refractivity contribution < 1.29 is 31.5 Å². The number of hydrogen-bond acceptors (Lipinski definition) is 3. The van der Waals surface area contributed by atoms with Crippen molar-refractivity contribution in [2.24, 2.45) is 0 Å². The smallest absolute Gasteiger partial charge is 0.255 e. The van der Waals surface area contributed by atoms with E-state index in [1.54, 1.807) is 25.1 Å². The molecule has 38 heavy (non-hydrogen) atoms. The zero-order valence-corrected chi connectivity index (χ0v) is 21.1. The third-order valence-electron chi connectivity index (χ3n) is 6.14. The topological polar surface area (TPSA) is 56.1 Å². The molecule has 0 unspecified atom stereocenters. The Balaban J connectivity index is 1.52. The number of aromatic nitrogens is 2. The van der Waals surface area contributed by atoms with Crippen LogP contribution in [0, 0.1) is 56.8 Å². The Morgan fingerprint density at radius 3 is 2.21 bits per heavy atom. The zero-order valence-electron chi connectivity index (χ0n) is 21.1. The van der Waals surface area contributed by atoms with Crippen LogP contribution in [0.25, 0.3) is 0 Å². The Bertz CT molecular complexity index is 1520. The first-order valence-electron chi connectivity index (χ1n) is 11.6. The van der Waals surface area contributed by atoms with Gasteiger partial charge in [0.15, 0.2) is 23.3 Å². The maximum absolute atomic E-state index is 14.2. The second-order valence-corrected chi connectivity index (χ2v) is 8.96. The summed E-state index contributed by atoms with van der Waals surface area (Å²) in [5.74, 6) is -9.89. The van der Waals surface area contributed by atoms with Crippen molar-refractivity contribution >= 4 is 11.6 Å². The van der Waals surface area contributed by atoms with Crippen LogP contribution in [-0.2, 0) is 13.2 Å². The molecule has 1 heterocycles. The van der Waals surface area contributed by atoms with Crippen molar-refractivity contribution in [2.75, 3.05) is 5.32 Å². The highest BCUT2D eigenvalue weighted by atomic mass is 19.2. The Morgan fingerprint density at radius 1 is 0.895 bits per heavy atom. The molecular formula is C28H24F5N3O2. The first-order valence-corrected chi connectivity index (χ1v) is 11.6. The highest BCUT2D eigenvalue weighted by Gasteiger charge is 2.27. The number of amides is 1. The molecule has 0 spiro atoms. The van der Waals surface area contributed by atoms with E-state index in [-0.39, 0.29) is 18.0 Å². The van der Waals surface area contributed by atoms with Crippen LogP contribution in [0.3, 0.4) is 0 Å². The minimum absolute atomic E-state index is 0.239. The van der Waals surface area contributed by atoms with Gasteiger partial charge >= 0.3 is 0 Å². The predicted molar refractivity (Wildman–Crippen MR) is 132 cm³/mol. The Hall–Kier alpha value is -4.21. The average Bonchev–Trinajstić information content (AvgIpc) is 3.15. The van der Waals surface area contributed by atoms with Crippen molar-refractivity contribution in [2.45, 2.75) is 40.8 Å². The molecule has 1 amide bonds. The monoisotopic (exact) mass is 529 g/mol. The van der Waals surface area contributed by atoms with Gasteiger partial charge in [0.1, 0.15) is 12.4 Å². The summed E-state index contributed by atoms with van der Waals surface area (Å²) in [5, 5.41) is 6.84. The zero-order chi connectivity index (χ0) is 27.7. The molecule has 4 aromatic rings.